The van der Waals surface area contributed by atoms with Crippen molar-refractivity contribution in [3.63, 3.8) is 0 Å². The Kier molecular flexibility index (Phi) is 6.03. The number of carbonyl (C=O) groups excluding carboxylic acids is 1. The van der Waals surface area contributed by atoms with Crippen molar-refractivity contribution in [2.45, 2.75) is 31.7 Å². The van der Waals surface area contributed by atoms with E-state index in [-0.39, 0.29) is 24.3 Å². The molecule has 1 aliphatic carbocycles. The van der Waals surface area contributed by atoms with E-state index in [0.717, 1.165) is 25.7 Å². The molecule has 0 aromatic carbocycles. The molecule has 1 fully saturated rings. The average Bonchev–Trinajstić information content (AvgIpc) is 2.17. The minimum absolute atomic E-state index is 0. The number of hydrogen-bond donors (Lipinski definition) is 2. The summed E-state index contributed by atoms with van der Waals surface area (Å²) in [6, 6.07) is 0.380. The summed E-state index contributed by atoms with van der Waals surface area (Å²) in [4.78, 5) is 11.1. The van der Waals surface area contributed by atoms with Crippen LogP contribution >= 0.6 is 12.4 Å². The third kappa shape index (κ3) is 3.50. The van der Waals surface area contributed by atoms with E-state index in [9.17, 15) is 4.79 Å². The molecule has 0 bridgehead atoms. The fraction of sp³-hybridized carbons (Fsp3) is 0.875. The zero-order valence-electron chi connectivity index (χ0n) is 7.79. The molecule has 4 nitrogen and oxygen atoms in total. The molecule has 0 atom stereocenters. The Morgan fingerprint density at radius 1 is 1.38 bits per heavy atom. The Balaban J connectivity index is 0.00000144. The van der Waals surface area contributed by atoms with Gasteiger partial charge in [0.05, 0.1) is 13.0 Å². The lowest BCUT2D eigenvalue weighted by molar-refractivity contribution is -0.146. The Labute approximate surface area is 84.6 Å². The van der Waals surface area contributed by atoms with Gasteiger partial charge in [-0.2, -0.15) is 0 Å². The molecule has 3 N–H and O–H groups in total. The highest BCUT2D eigenvalue weighted by Crippen LogP contribution is 2.24. The summed E-state index contributed by atoms with van der Waals surface area (Å²) >= 11 is 0. The highest BCUT2D eigenvalue weighted by molar-refractivity contribution is 5.85. The van der Waals surface area contributed by atoms with Crippen LogP contribution in [0.5, 0.6) is 0 Å². The molecule has 0 amide bonds. The Hall–Kier alpha value is -0.320. The number of esters is 1. The van der Waals surface area contributed by atoms with Gasteiger partial charge in [-0.15, -0.1) is 12.4 Å². The number of hydrogen-bond acceptors (Lipinski definition) is 4. The first-order valence-corrected chi connectivity index (χ1v) is 4.32. The predicted octanol–water partition coefficient (Wildman–Crippen LogP) is 0.603. The van der Waals surface area contributed by atoms with E-state index in [2.05, 4.69) is 10.2 Å². The van der Waals surface area contributed by atoms with E-state index in [0.29, 0.717) is 6.04 Å². The Morgan fingerprint density at radius 3 is 2.31 bits per heavy atom. The smallest absolute Gasteiger partial charge is 0.308 e. The van der Waals surface area contributed by atoms with Crippen LogP contribution in [0.2, 0.25) is 0 Å². The SMILES string of the molecule is COC(=O)C1CCC(NN)CC1.Cl. The summed E-state index contributed by atoms with van der Waals surface area (Å²) in [5, 5.41) is 0. The lowest BCUT2D eigenvalue weighted by Crippen LogP contribution is -2.39. The minimum atomic E-state index is -0.0783. The van der Waals surface area contributed by atoms with Gasteiger partial charge in [0.2, 0.25) is 0 Å². The van der Waals surface area contributed by atoms with Gasteiger partial charge < -0.3 is 4.74 Å². The van der Waals surface area contributed by atoms with Crippen molar-refractivity contribution in [3.05, 3.63) is 0 Å². The molecule has 78 valence electrons. The summed E-state index contributed by atoms with van der Waals surface area (Å²) in [7, 11) is 1.44. The number of carbonyl (C=O) groups is 1. The van der Waals surface area contributed by atoms with Crippen LogP contribution in [-0.4, -0.2) is 19.1 Å². The van der Waals surface area contributed by atoms with Crippen molar-refractivity contribution in [2.75, 3.05) is 7.11 Å². The van der Waals surface area contributed by atoms with E-state index in [1.54, 1.807) is 0 Å². The zero-order valence-corrected chi connectivity index (χ0v) is 8.60. The zero-order chi connectivity index (χ0) is 8.97. The predicted molar refractivity (Wildman–Crippen MR) is 52.3 cm³/mol. The molecular weight excluding hydrogens is 192 g/mol. The van der Waals surface area contributed by atoms with Gasteiger partial charge in [-0.05, 0) is 25.7 Å². The van der Waals surface area contributed by atoms with Crippen molar-refractivity contribution < 1.29 is 9.53 Å². The summed E-state index contributed by atoms with van der Waals surface area (Å²) < 4.78 is 4.67. The fourth-order valence-corrected chi connectivity index (χ4v) is 1.66. The van der Waals surface area contributed by atoms with Crippen LogP contribution in [0.3, 0.4) is 0 Å². The van der Waals surface area contributed by atoms with Gasteiger partial charge in [0.15, 0.2) is 0 Å². The van der Waals surface area contributed by atoms with Gasteiger partial charge in [0, 0.05) is 6.04 Å². The molecule has 0 aliphatic heterocycles. The van der Waals surface area contributed by atoms with Gasteiger partial charge in [-0.1, -0.05) is 0 Å². The molecule has 0 aromatic heterocycles. The largest absolute Gasteiger partial charge is 0.469 e. The topological polar surface area (TPSA) is 64.3 Å². The molecule has 0 radical (unpaired) electrons. The summed E-state index contributed by atoms with van der Waals surface area (Å²) in [5.41, 5.74) is 2.73. The van der Waals surface area contributed by atoms with Crippen molar-refractivity contribution in [1.82, 2.24) is 5.43 Å². The van der Waals surface area contributed by atoms with Gasteiger partial charge in [-0.25, -0.2) is 0 Å². The quantitative estimate of drug-likeness (QED) is 0.397. The lowest BCUT2D eigenvalue weighted by atomic mass is 9.86. The highest BCUT2D eigenvalue weighted by atomic mass is 35.5. The number of methoxy groups -OCH3 is 1. The summed E-state index contributed by atoms with van der Waals surface area (Å²) in [6.07, 6.45) is 3.72. The number of nitrogens with two attached hydrogens (primary N) is 1. The number of ether oxygens (including phenoxy) is 1. The molecule has 13 heavy (non-hydrogen) atoms. The molecule has 0 aromatic rings. The number of hydrazine groups is 1. The second-order valence-corrected chi connectivity index (χ2v) is 3.24. The van der Waals surface area contributed by atoms with E-state index in [1.165, 1.54) is 7.11 Å². The molecule has 0 saturated heterocycles. The second-order valence-electron chi connectivity index (χ2n) is 3.24. The highest BCUT2D eigenvalue weighted by Gasteiger charge is 2.25. The van der Waals surface area contributed by atoms with Crippen molar-refractivity contribution in [1.29, 1.82) is 0 Å². The first-order valence-electron chi connectivity index (χ1n) is 4.32. The molecule has 1 rings (SSSR count). The van der Waals surface area contributed by atoms with Crippen molar-refractivity contribution in [2.24, 2.45) is 11.8 Å². The van der Waals surface area contributed by atoms with E-state index in [4.69, 9.17) is 5.84 Å². The van der Waals surface area contributed by atoms with Gasteiger partial charge in [0.1, 0.15) is 0 Å². The molecule has 0 heterocycles. The standard InChI is InChI=1S/C8H16N2O2.ClH/c1-12-8(11)6-2-4-7(10-9)5-3-6;/h6-7,10H,2-5,9H2,1H3;1H. The molecule has 1 aliphatic rings. The molecule has 5 heteroatoms. The van der Waals surface area contributed by atoms with E-state index >= 15 is 0 Å². The Morgan fingerprint density at radius 2 is 1.92 bits per heavy atom. The second kappa shape index (κ2) is 6.18. The van der Waals surface area contributed by atoms with Crippen LogP contribution in [0.15, 0.2) is 0 Å². The maximum absolute atomic E-state index is 11.1. The van der Waals surface area contributed by atoms with Crippen LogP contribution in [0.1, 0.15) is 25.7 Å². The van der Waals surface area contributed by atoms with Crippen molar-refractivity contribution in [3.8, 4) is 0 Å². The van der Waals surface area contributed by atoms with Crippen LogP contribution in [-0.2, 0) is 9.53 Å². The van der Waals surface area contributed by atoms with E-state index in [1.807, 2.05) is 0 Å². The number of nitrogens with one attached hydrogen (secondary N) is 1. The summed E-state index contributed by atoms with van der Waals surface area (Å²) in [5.74, 6) is 5.31. The monoisotopic (exact) mass is 208 g/mol. The van der Waals surface area contributed by atoms with E-state index < -0.39 is 0 Å². The van der Waals surface area contributed by atoms with Crippen LogP contribution in [0.25, 0.3) is 0 Å². The third-order valence-corrected chi connectivity index (χ3v) is 2.50. The van der Waals surface area contributed by atoms with Gasteiger partial charge >= 0.3 is 5.97 Å². The number of halogens is 1. The summed E-state index contributed by atoms with van der Waals surface area (Å²) in [6.45, 7) is 0. The van der Waals surface area contributed by atoms with Crippen LogP contribution < -0.4 is 11.3 Å². The Bertz CT molecular complexity index is 158. The third-order valence-electron chi connectivity index (χ3n) is 2.50. The fourth-order valence-electron chi connectivity index (χ4n) is 1.66. The maximum atomic E-state index is 11.1. The molecular formula is C8H17ClN2O2. The lowest BCUT2D eigenvalue weighted by Gasteiger charge is -2.25. The van der Waals surface area contributed by atoms with Crippen LogP contribution in [0.4, 0.5) is 0 Å². The molecule has 1 saturated carbocycles. The van der Waals surface area contributed by atoms with Gasteiger partial charge in [0.25, 0.3) is 0 Å². The first-order chi connectivity index (χ1) is 5.77. The first kappa shape index (κ1) is 12.7. The van der Waals surface area contributed by atoms with Crippen molar-refractivity contribution >= 4 is 18.4 Å². The van der Waals surface area contributed by atoms with Crippen LogP contribution in [0, 0.1) is 5.92 Å². The van der Waals surface area contributed by atoms with Gasteiger partial charge in [-0.3, -0.25) is 16.1 Å². The number of rotatable bonds is 2. The average molecular weight is 209 g/mol. The maximum Gasteiger partial charge on any atom is 0.308 e. The normalized spacial score (nSPS) is 27.5. The molecule has 0 unspecified atom stereocenters. The molecule has 0 spiro atoms. The minimum Gasteiger partial charge on any atom is -0.469 e.